The number of nitrogens with one attached hydrogen (secondary N) is 2. The minimum Gasteiger partial charge on any atom is -0.491 e. The molecule has 0 fully saturated rings. The predicted octanol–water partition coefficient (Wildman–Crippen LogP) is 6.02. The van der Waals surface area contributed by atoms with Crippen molar-refractivity contribution in [1.29, 1.82) is 0 Å². The maximum atomic E-state index is 12.4. The normalized spacial score (nSPS) is 11.4. The predicted molar refractivity (Wildman–Crippen MR) is 121 cm³/mol. The van der Waals surface area contributed by atoms with Crippen LogP contribution in [0.5, 0.6) is 5.75 Å². The van der Waals surface area contributed by atoms with Crippen molar-refractivity contribution in [1.82, 2.24) is 0 Å². The molecule has 0 spiro atoms. The van der Waals surface area contributed by atoms with Gasteiger partial charge in [-0.3, -0.25) is 9.59 Å². The maximum absolute atomic E-state index is 12.4. The lowest BCUT2D eigenvalue weighted by atomic mass is 10.2. The molecule has 0 bridgehead atoms. The molecule has 3 aromatic carbocycles. The van der Waals surface area contributed by atoms with Crippen LogP contribution in [0.1, 0.15) is 41.0 Å². The van der Waals surface area contributed by atoms with Crippen LogP contribution in [0, 0.1) is 0 Å². The number of anilines is 2. The first kappa shape index (κ1) is 21.4. The number of carbonyl (C=O) groups is 2. The first-order valence-corrected chi connectivity index (χ1v) is 10.1. The number of hydrogen-bond donors (Lipinski definition) is 2. The van der Waals surface area contributed by atoms with Gasteiger partial charge >= 0.3 is 0 Å². The zero-order valence-electron chi connectivity index (χ0n) is 16.8. The highest BCUT2D eigenvalue weighted by Gasteiger charge is 2.09. The maximum Gasteiger partial charge on any atom is 0.255 e. The van der Waals surface area contributed by atoms with Crippen LogP contribution in [-0.2, 0) is 0 Å². The fourth-order valence-electron chi connectivity index (χ4n) is 2.67. The second-order valence-electron chi connectivity index (χ2n) is 6.86. The van der Waals surface area contributed by atoms with Crippen LogP contribution < -0.4 is 15.4 Å². The van der Waals surface area contributed by atoms with Crippen molar-refractivity contribution in [3.8, 4) is 5.75 Å². The molecule has 0 radical (unpaired) electrons. The van der Waals surface area contributed by atoms with E-state index < -0.39 is 0 Å². The molecule has 0 saturated heterocycles. The molecule has 0 aliphatic heterocycles. The van der Waals surface area contributed by atoms with Crippen molar-refractivity contribution in [2.75, 3.05) is 10.6 Å². The van der Waals surface area contributed by atoms with Gasteiger partial charge in [-0.2, -0.15) is 0 Å². The van der Waals surface area contributed by atoms with Gasteiger partial charge in [0.15, 0.2) is 0 Å². The van der Waals surface area contributed by atoms with Gasteiger partial charge in [0.1, 0.15) is 5.75 Å². The Morgan fingerprint density at radius 3 is 1.97 bits per heavy atom. The summed E-state index contributed by atoms with van der Waals surface area (Å²) in [5, 5.41) is 6.14. The molecule has 5 nitrogen and oxygen atoms in total. The van der Waals surface area contributed by atoms with Crippen molar-refractivity contribution in [2.45, 2.75) is 26.4 Å². The van der Waals surface area contributed by atoms with Crippen LogP contribution in [0.15, 0.2) is 72.8 Å². The highest BCUT2D eigenvalue weighted by Crippen LogP contribution is 2.19. The summed E-state index contributed by atoms with van der Waals surface area (Å²) in [4.78, 5) is 24.7. The van der Waals surface area contributed by atoms with Gasteiger partial charge in [-0.25, -0.2) is 0 Å². The Bertz CT molecular complexity index is 1020. The minimum absolute atomic E-state index is 0.127. The number of halogens is 1. The van der Waals surface area contributed by atoms with Gasteiger partial charge < -0.3 is 15.4 Å². The number of ether oxygens (including phenoxy) is 1. The third-order valence-corrected chi connectivity index (χ3v) is 4.75. The standard InChI is InChI=1S/C24H23ClN2O3/c1-3-16(2)30-22-13-7-17(8-14-22)23(28)26-20-9-11-21(12-10-20)27-24(29)18-5-4-6-19(25)15-18/h4-16H,3H2,1-2H3,(H,26,28)(H,27,29). The quantitative estimate of drug-likeness (QED) is 0.489. The average molecular weight is 423 g/mol. The van der Waals surface area contributed by atoms with Crippen LogP contribution in [0.25, 0.3) is 0 Å². The summed E-state index contributed by atoms with van der Waals surface area (Å²) in [6.45, 7) is 4.06. The van der Waals surface area contributed by atoms with Crippen LogP contribution in [0.3, 0.4) is 0 Å². The van der Waals surface area contributed by atoms with Crippen molar-refractivity contribution in [2.24, 2.45) is 0 Å². The van der Waals surface area contributed by atoms with Gasteiger partial charge in [-0.15, -0.1) is 0 Å². The molecular formula is C24H23ClN2O3. The second kappa shape index (κ2) is 9.94. The lowest BCUT2D eigenvalue weighted by Gasteiger charge is -2.13. The molecule has 1 unspecified atom stereocenters. The van der Waals surface area contributed by atoms with Crippen molar-refractivity contribution < 1.29 is 14.3 Å². The lowest BCUT2D eigenvalue weighted by Crippen LogP contribution is -2.13. The van der Waals surface area contributed by atoms with E-state index in [1.165, 1.54) is 0 Å². The molecule has 0 aromatic heterocycles. The fourth-order valence-corrected chi connectivity index (χ4v) is 2.86. The molecule has 3 aromatic rings. The Balaban J connectivity index is 1.58. The Morgan fingerprint density at radius 1 is 0.867 bits per heavy atom. The van der Waals surface area contributed by atoms with Crippen molar-refractivity contribution in [3.63, 3.8) is 0 Å². The topological polar surface area (TPSA) is 67.4 Å². The molecule has 0 aliphatic carbocycles. The number of rotatable bonds is 7. The van der Waals surface area contributed by atoms with Gasteiger partial charge in [-0.1, -0.05) is 24.6 Å². The Labute approximate surface area is 181 Å². The number of benzene rings is 3. The van der Waals surface area contributed by atoms with E-state index in [9.17, 15) is 9.59 Å². The summed E-state index contributed by atoms with van der Waals surface area (Å²) in [6.07, 6.45) is 1.04. The molecular weight excluding hydrogens is 400 g/mol. The highest BCUT2D eigenvalue weighted by atomic mass is 35.5. The zero-order chi connectivity index (χ0) is 21.5. The van der Waals surface area contributed by atoms with Crippen molar-refractivity contribution >= 4 is 34.8 Å². The van der Waals surface area contributed by atoms with E-state index in [1.54, 1.807) is 72.8 Å². The molecule has 3 rings (SSSR count). The first-order valence-electron chi connectivity index (χ1n) is 9.69. The lowest BCUT2D eigenvalue weighted by molar-refractivity contribution is 0.101. The summed E-state index contributed by atoms with van der Waals surface area (Å²) >= 11 is 5.92. The Hall–Kier alpha value is -3.31. The summed E-state index contributed by atoms with van der Waals surface area (Å²) in [6, 6.07) is 20.7. The van der Waals surface area contributed by atoms with E-state index in [-0.39, 0.29) is 17.9 Å². The molecule has 1 atom stereocenters. The van der Waals surface area contributed by atoms with Gasteiger partial charge in [0, 0.05) is 27.5 Å². The van der Waals surface area contributed by atoms with Crippen LogP contribution in [-0.4, -0.2) is 17.9 Å². The number of hydrogen-bond acceptors (Lipinski definition) is 3. The first-order chi connectivity index (χ1) is 14.4. The summed E-state index contributed by atoms with van der Waals surface area (Å²) in [5.74, 6) is 0.260. The molecule has 0 heterocycles. The summed E-state index contributed by atoms with van der Waals surface area (Å²) in [7, 11) is 0. The molecule has 2 amide bonds. The van der Waals surface area contributed by atoms with Crippen LogP contribution in [0.4, 0.5) is 11.4 Å². The minimum atomic E-state index is -0.256. The van der Waals surface area contributed by atoms with E-state index in [1.807, 2.05) is 6.92 Å². The number of amides is 2. The largest absolute Gasteiger partial charge is 0.491 e. The van der Waals surface area contributed by atoms with Crippen molar-refractivity contribution in [3.05, 3.63) is 88.9 Å². The Morgan fingerprint density at radius 2 is 1.43 bits per heavy atom. The van der Waals surface area contributed by atoms with Gasteiger partial charge in [0.05, 0.1) is 6.10 Å². The SMILES string of the molecule is CCC(C)Oc1ccc(C(=O)Nc2ccc(NC(=O)c3cccc(Cl)c3)cc2)cc1. The van der Waals surface area contributed by atoms with Crippen LogP contribution >= 0.6 is 11.6 Å². The van der Waals surface area contributed by atoms with E-state index in [4.69, 9.17) is 16.3 Å². The smallest absolute Gasteiger partial charge is 0.255 e. The highest BCUT2D eigenvalue weighted by molar-refractivity contribution is 6.31. The van der Waals surface area contributed by atoms with E-state index in [2.05, 4.69) is 17.6 Å². The van der Waals surface area contributed by atoms with Gasteiger partial charge in [0.2, 0.25) is 0 Å². The molecule has 6 heteroatoms. The van der Waals surface area contributed by atoms with Gasteiger partial charge in [0.25, 0.3) is 11.8 Å². The second-order valence-corrected chi connectivity index (χ2v) is 7.29. The molecule has 154 valence electrons. The summed E-state index contributed by atoms with van der Waals surface area (Å²) in [5.41, 5.74) is 2.25. The number of carbonyl (C=O) groups excluding carboxylic acids is 2. The molecule has 0 aliphatic rings. The average Bonchev–Trinajstić information content (AvgIpc) is 2.75. The van der Waals surface area contributed by atoms with E-state index in [0.29, 0.717) is 27.5 Å². The monoisotopic (exact) mass is 422 g/mol. The molecule has 0 saturated carbocycles. The van der Waals surface area contributed by atoms with E-state index >= 15 is 0 Å². The van der Waals surface area contributed by atoms with Crippen LogP contribution in [0.2, 0.25) is 5.02 Å². The van der Waals surface area contributed by atoms with E-state index in [0.717, 1.165) is 12.2 Å². The molecule has 30 heavy (non-hydrogen) atoms. The zero-order valence-corrected chi connectivity index (χ0v) is 17.6. The molecule has 2 N–H and O–H groups in total. The summed E-state index contributed by atoms with van der Waals surface area (Å²) < 4.78 is 5.73. The Kier molecular flexibility index (Phi) is 7.09. The third kappa shape index (κ3) is 5.84. The third-order valence-electron chi connectivity index (χ3n) is 4.52. The van der Waals surface area contributed by atoms with Gasteiger partial charge in [-0.05, 0) is 80.1 Å². The fraction of sp³-hybridized carbons (Fsp3) is 0.167.